The first kappa shape index (κ1) is 20.2. The van der Waals surface area contributed by atoms with Gasteiger partial charge in [0.05, 0.1) is 0 Å². The van der Waals surface area contributed by atoms with E-state index in [-0.39, 0.29) is 6.29 Å². The summed E-state index contributed by atoms with van der Waals surface area (Å²) in [5, 5.41) is 0. The SMILES string of the molecule is C=C/C=C/C=C\CCCCCCCCCCOC1CCCCO1. The standard InChI is InChI=1S/C21H36O2/c1-2-3-4-5-6-7-8-9-10-11-12-13-14-16-19-22-21-18-15-17-20-23-21/h2-6,21H,1,7-20H2/b4-3+,6-5-. The Hall–Kier alpha value is -0.860. The van der Waals surface area contributed by atoms with E-state index in [2.05, 4.69) is 18.7 Å². The van der Waals surface area contributed by atoms with Crippen LogP contribution in [0.25, 0.3) is 0 Å². The van der Waals surface area contributed by atoms with Crippen molar-refractivity contribution in [1.82, 2.24) is 0 Å². The Kier molecular flexibility index (Phi) is 14.1. The van der Waals surface area contributed by atoms with E-state index in [4.69, 9.17) is 9.47 Å². The Bertz CT molecular complexity index is 314. The molecule has 0 aromatic heterocycles. The molecule has 0 aromatic rings. The van der Waals surface area contributed by atoms with Crippen LogP contribution in [0.5, 0.6) is 0 Å². The van der Waals surface area contributed by atoms with Crippen molar-refractivity contribution in [3.05, 3.63) is 37.0 Å². The van der Waals surface area contributed by atoms with E-state index in [1.54, 1.807) is 6.08 Å². The molecule has 0 aliphatic carbocycles. The molecule has 0 bridgehead atoms. The predicted molar refractivity (Wildman–Crippen MR) is 99.6 cm³/mol. The second-order valence-electron chi connectivity index (χ2n) is 6.33. The monoisotopic (exact) mass is 320 g/mol. The van der Waals surface area contributed by atoms with Crippen molar-refractivity contribution < 1.29 is 9.47 Å². The van der Waals surface area contributed by atoms with Crippen molar-refractivity contribution in [1.29, 1.82) is 0 Å². The molecule has 1 heterocycles. The maximum absolute atomic E-state index is 5.75. The first-order chi connectivity index (χ1) is 11.4. The Balaban J connectivity index is 1.73. The zero-order valence-electron chi connectivity index (χ0n) is 14.9. The highest BCUT2D eigenvalue weighted by molar-refractivity contribution is 5.08. The number of hydrogen-bond donors (Lipinski definition) is 0. The molecular weight excluding hydrogens is 284 g/mol. The van der Waals surface area contributed by atoms with Crippen LogP contribution in [0.2, 0.25) is 0 Å². The van der Waals surface area contributed by atoms with Crippen LogP contribution in [0.3, 0.4) is 0 Å². The molecule has 23 heavy (non-hydrogen) atoms. The largest absolute Gasteiger partial charge is 0.353 e. The lowest BCUT2D eigenvalue weighted by Gasteiger charge is -2.22. The summed E-state index contributed by atoms with van der Waals surface area (Å²) in [5.41, 5.74) is 0. The molecule has 0 N–H and O–H groups in total. The molecule has 1 unspecified atom stereocenters. The molecule has 1 rings (SSSR count). The molecule has 0 radical (unpaired) electrons. The fourth-order valence-corrected chi connectivity index (χ4v) is 2.80. The molecule has 0 amide bonds. The lowest BCUT2D eigenvalue weighted by molar-refractivity contribution is -0.162. The van der Waals surface area contributed by atoms with Gasteiger partial charge in [-0.1, -0.05) is 75.5 Å². The van der Waals surface area contributed by atoms with E-state index in [1.807, 2.05) is 12.2 Å². The molecule has 2 nitrogen and oxygen atoms in total. The zero-order valence-corrected chi connectivity index (χ0v) is 14.9. The summed E-state index contributed by atoms with van der Waals surface area (Å²) >= 11 is 0. The van der Waals surface area contributed by atoms with E-state index in [0.717, 1.165) is 19.6 Å². The number of ether oxygens (including phenoxy) is 2. The highest BCUT2D eigenvalue weighted by Crippen LogP contribution is 2.15. The summed E-state index contributed by atoms with van der Waals surface area (Å²) in [6.45, 7) is 5.40. The van der Waals surface area contributed by atoms with Crippen molar-refractivity contribution in [2.24, 2.45) is 0 Å². The van der Waals surface area contributed by atoms with Gasteiger partial charge in [-0.2, -0.15) is 0 Å². The third-order valence-electron chi connectivity index (χ3n) is 4.20. The van der Waals surface area contributed by atoms with Crippen LogP contribution in [0.15, 0.2) is 37.0 Å². The van der Waals surface area contributed by atoms with Gasteiger partial charge in [0, 0.05) is 13.2 Å². The van der Waals surface area contributed by atoms with Gasteiger partial charge in [-0.25, -0.2) is 0 Å². The first-order valence-corrected chi connectivity index (χ1v) is 9.61. The van der Waals surface area contributed by atoms with Crippen LogP contribution in [-0.4, -0.2) is 19.5 Å². The Labute approximate surface area is 143 Å². The van der Waals surface area contributed by atoms with E-state index in [9.17, 15) is 0 Å². The third kappa shape index (κ3) is 13.3. The Morgan fingerprint density at radius 3 is 2.30 bits per heavy atom. The van der Waals surface area contributed by atoms with E-state index < -0.39 is 0 Å². The van der Waals surface area contributed by atoms with Gasteiger partial charge in [0.15, 0.2) is 6.29 Å². The van der Waals surface area contributed by atoms with Gasteiger partial charge in [0.2, 0.25) is 0 Å². The fraction of sp³-hybridized carbons (Fsp3) is 0.714. The third-order valence-corrected chi connectivity index (χ3v) is 4.20. The van der Waals surface area contributed by atoms with Crippen molar-refractivity contribution in [3.63, 3.8) is 0 Å². The van der Waals surface area contributed by atoms with Gasteiger partial charge in [-0.05, 0) is 38.5 Å². The van der Waals surface area contributed by atoms with Gasteiger partial charge in [0.25, 0.3) is 0 Å². The summed E-state index contributed by atoms with van der Waals surface area (Å²) in [4.78, 5) is 0. The lowest BCUT2D eigenvalue weighted by Crippen LogP contribution is -2.22. The minimum absolute atomic E-state index is 0.0880. The van der Waals surface area contributed by atoms with Gasteiger partial charge in [0.1, 0.15) is 0 Å². The first-order valence-electron chi connectivity index (χ1n) is 9.61. The van der Waals surface area contributed by atoms with Crippen LogP contribution in [-0.2, 0) is 9.47 Å². The van der Waals surface area contributed by atoms with Gasteiger partial charge in [-0.3, -0.25) is 0 Å². The maximum atomic E-state index is 5.75. The Morgan fingerprint density at radius 2 is 1.61 bits per heavy atom. The summed E-state index contributed by atoms with van der Waals surface area (Å²) in [6.07, 6.45) is 25.6. The molecule has 1 atom stereocenters. The number of allylic oxidation sites excluding steroid dienone is 5. The zero-order chi connectivity index (χ0) is 16.4. The van der Waals surface area contributed by atoms with E-state index >= 15 is 0 Å². The minimum atomic E-state index is 0.0880. The van der Waals surface area contributed by atoms with Crippen molar-refractivity contribution in [2.75, 3.05) is 13.2 Å². The second-order valence-corrected chi connectivity index (χ2v) is 6.33. The second kappa shape index (κ2) is 16.0. The van der Waals surface area contributed by atoms with Crippen molar-refractivity contribution >= 4 is 0 Å². The molecule has 1 aliphatic heterocycles. The van der Waals surface area contributed by atoms with Crippen LogP contribution >= 0.6 is 0 Å². The highest BCUT2D eigenvalue weighted by atomic mass is 16.7. The molecular formula is C21H36O2. The number of unbranched alkanes of at least 4 members (excludes halogenated alkanes) is 8. The molecule has 132 valence electrons. The normalized spacial score (nSPS) is 18.9. The summed E-state index contributed by atoms with van der Waals surface area (Å²) in [5.74, 6) is 0. The van der Waals surface area contributed by atoms with Gasteiger partial charge < -0.3 is 9.47 Å². The van der Waals surface area contributed by atoms with Crippen LogP contribution in [0, 0.1) is 0 Å². The molecule has 2 heteroatoms. The number of rotatable bonds is 14. The van der Waals surface area contributed by atoms with E-state index in [0.29, 0.717) is 0 Å². The van der Waals surface area contributed by atoms with Crippen molar-refractivity contribution in [3.8, 4) is 0 Å². The number of hydrogen-bond acceptors (Lipinski definition) is 2. The minimum Gasteiger partial charge on any atom is -0.353 e. The molecule has 0 spiro atoms. The average molecular weight is 321 g/mol. The molecule has 1 fully saturated rings. The topological polar surface area (TPSA) is 18.5 Å². The molecule has 0 saturated carbocycles. The average Bonchev–Trinajstić information content (AvgIpc) is 2.59. The maximum Gasteiger partial charge on any atom is 0.157 e. The Morgan fingerprint density at radius 1 is 0.870 bits per heavy atom. The van der Waals surface area contributed by atoms with Crippen LogP contribution in [0.4, 0.5) is 0 Å². The fourth-order valence-electron chi connectivity index (χ4n) is 2.80. The predicted octanol–water partition coefficient (Wildman–Crippen LogP) is 6.34. The summed E-state index contributed by atoms with van der Waals surface area (Å²) < 4.78 is 11.3. The molecule has 0 aromatic carbocycles. The van der Waals surface area contributed by atoms with E-state index in [1.165, 1.54) is 70.6 Å². The summed E-state index contributed by atoms with van der Waals surface area (Å²) in [7, 11) is 0. The van der Waals surface area contributed by atoms with Crippen LogP contribution in [0.1, 0.15) is 77.0 Å². The lowest BCUT2D eigenvalue weighted by atomic mass is 10.1. The molecule has 1 aliphatic rings. The van der Waals surface area contributed by atoms with Gasteiger partial charge in [-0.15, -0.1) is 0 Å². The summed E-state index contributed by atoms with van der Waals surface area (Å²) in [6, 6.07) is 0. The van der Waals surface area contributed by atoms with Gasteiger partial charge >= 0.3 is 0 Å². The van der Waals surface area contributed by atoms with Crippen LogP contribution < -0.4 is 0 Å². The van der Waals surface area contributed by atoms with Crippen molar-refractivity contribution in [2.45, 2.75) is 83.3 Å². The molecule has 1 saturated heterocycles. The highest BCUT2D eigenvalue weighted by Gasteiger charge is 2.13. The smallest absolute Gasteiger partial charge is 0.157 e. The quantitative estimate of drug-likeness (QED) is 0.275.